The van der Waals surface area contributed by atoms with Crippen molar-refractivity contribution in [1.29, 1.82) is 0 Å². The highest BCUT2D eigenvalue weighted by Crippen LogP contribution is 2.19. The van der Waals surface area contributed by atoms with Gasteiger partial charge in [0.15, 0.2) is 0 Å². The van der Waals surface area contributed by atoms with Gasteiger partial charge in [0.05, 0.1) is 12.2 Å². The lowest BCUT2D eigenvalue weighted by molar-refractivity contribution is -0.135. The maximum absolute atomic E-state index is 8.96. The molecule has 0 saturated heterocycles. The van der Waals surface area contributed by atoms with Crippen LogP contribution in [0.15, 0.2) is 0 Å². The fraction of sp³-hybridized carbons (Fsp3) is 1.00. The van der Waals surface area contributed by atoms with Gasteiger partial charge in [-0.05, 0) is 12.8 Å². The summed E-state index contributed by atoms with van der Waals surface area (Å²) in [6.45, 7) is 0. The van der Waals surface area contributed by atoms with E-state index in [1.54, 1.807) is 0 Å². The number of aliphatic hydroxyl groups excluding tert-OH is 4. The second-order valence-electron chi connectivity index (χ2n) is 2.69. The second kappa shape index (κ2) is 2.84. The van der Waals surface area contributed by atoms with Crippen molar-refractivity contribution in [3.05, 3.63) is 0 Å². The van der Waals surface area contributed by atoms with E-state index in [1.807, 2.05) is 0 Å². The molecular formula is C6H12O4. The van der Waals surface area contributed by atoms with Gasteiger partial charge in [-0.1, -0.05) is 0 Å². The number of hydrogen-bond donors (Lipinski definition) is 4. The average molecular weight is 148 g/mol. The van der Waals surface area contributed by atoms with E-state index in [9.17, 15) is 0 Å². The zero-order valence-corrected chi connectivity index (χ0v) is 5.51. The summed E-state index contributed by atoms with van der Waals surface area (Å²) in [6, 6.07) is 0. The maximum atomic E-state index is 8.96. The maximum Gasteiger partial charge on any atom is 0.108 e. The molecule has 1 aliphatic carbocycles. The van der Waals surface area contributed by atoms with Crippen LogP contribution in [0.4, 0.5) is 0 Å². The van der Waals surface area contributed by atoms with Crippen LogP contribution in [-0.4, -0.2) is 44.8 Å². The third-order valence-corrected chi connectivity index (χ3v) is 1.90. The first-order valence-corrected chi connectivity index (χ1v) is 3.35. The quantitative estimate of drug-likeness (QED) is 0.327. The molecule has 1 rings (SSSR count). The second-order valence-corrected chi connectivity index (χ2v) is 2.69. The first-order chi connectivity index (χ1) is 4.63. The number of aliphatic hydroxyl groups is 4. The molecule has 4 N–H and O–H groups in total. The highest BCUT2D eigenvalue weighted by molar-refractivity contribution is 4.86. The van der Waals surface area contributed by atoms with Crippen LogP contribution in [-0.2, 0) is 0 Å². The van der Waals surface area contributed by atoms with Crippen LogP contribution in [0.3, 0.4) is 0 Å². The van der Waals surface area contributed by atoms with E-state index in [0.29, 0.717) is 12.8 Å². The van der Waals surface area contributed by atoms with Crippen molar-refractivity contribution in [1.82, 2.24) is 0 Å². The van der Waals surface area contributed by atoms with E-state index in [2.05, 4.69) is 0 Å². The van der Waals surface area contributed by atoms with E-state index in [0.717, 1.165) is 0 Å². The van der Waals surface area contributed by atoms with E-state index in [1.165, 1.54) is 0 Å². The van der Waals surface area contributed by atoms with E-state index < -0.39 is 24.4 Å². The third kappa shape index (κ3) is 1.29. The van der Waals surface area contributed by atoms with Gasteiger partial charge in [-0.15, -0.1) is 0 Å². The topological polar surface area (TPSA) is 80.9 Å². The monoisotopic (exact) mass is 148 g/mol. The SMILES string of the molecule is O[C@H]1[C@H](O)[C@H](O)CC[C@H]1O. The van der Waals surface area contributed by atoms with Gasteiger partial charge in [0.2, 0.25) is 0 Å². The predicted molar refractivity (Wildman–Crippen MR) is 33.3 cm³/mol. The molecule has 0 aromatic carbocycles. The van der Waals surface area contributed by atoms with Gasteiger partial charge < -0.3 is 20.4 Å². The summed E-state index contributed by atoms with van der Waals surface area (Å²) in [5, 5.41) is 35.8. The summed E-state index contributed by atoms with van der Waals surface area (Å²) in [5.74, 6) is 0. The largest absolute Gasteiger partial charge is 0.390 e. The summed E-state index contributed by atoms with van der Waals surface area (Å²) in [6.07, 6.45) is -3.47. The lowest BCUT2D eigenvalue weighted by Gasteiger charge is -2.31. The average Bonchev–Trinajstić information content (AvgIpc) is 1.93. The molecule has 0 bridgehead atoms. The molecule has 1 aliphatic rings. The van der Waals surface area contributed by atoms with Gasteiger partial charge in [-0.2, -0.15) is 0 Å². The Hall–Kier alpha value is -0.160. The summed E-state index contributed by atoms with van der Waals surface area (Å²) in [5.41, 5.74) is 0. The molecule has 0 spiro atoms. The first kappa shape index (κ1) is 7.94. The van der Waals surface area contributed by atoms with Gasteiger partial charge in [-0.3, -0.25) is 0 Å². The minimum absolute atomic E-state index is 0.347. The fourth-order valence-corrected chi connectivity index (χ4v) is 1.14. The molecule has 0 aromatic heterocycles. The Morgan fingerprint density at radius 1 is 0.700 bits per heavy atom. The minimum Gasteiger partial charge on any atom is -0.390 e. The van der Waals surface area contributed by atoms with Gasteiger partial charge in [0.25, 0.3) is 0 Å². The highest BCUT2D eigenvalue weighted by Gasteiger charge is 2.34. The Bertz CT molecular complexity index is 102. The number of rotatable bonds is 0. The van der Waals surface area contributed by atoms with Crippen molar-refractivity contribution in [2.75, 3.05) is 0 Å². The third-order valence-electron chi connectivity index (χ3n) is 1.90. The minimum atomic E-state index is -1.19. The summed E-state index contributed by atoms with van der Waals surface area (Å²) in [4.78, 5) is 0. The lowest BCUT2D eigenvalue weighted by Crippen LogP contribution is -2.48. The van der Waals surface area contributed by atoms with Gasteiger partial charge >= 0.3 is 0 Å². The van der Waals surface area contributed by atoms with Crippen molar-refractivity contribution < 1.29 is 20.4 Å². The molecule has 0 radical (unpaired) electrons. The fourth-order valence-electron chi connectivity index (χ4n) is 1.14. The Balaban J connectivity index is 2.52. The van der Waals surface area contributed by atoms with Gasteiger partial charge in [-0.25, -0.2) is 0 Å². The zero-order chi connectivity index (χ0) is 7.72. The Labute approximate surface area is 58.7 Å². The molecular weight excluding hydrogens is 136 g/mol. The number of hydrogen-bond acceptors (Lipinski definition) is 4. The molecule has 1 fully saturated rings. The van der Waals surface area contributed by atoms with Gasteiger partial charge in [0, 0.05) is 0 Å². The van der Waals surface area contributed by atoms with Crippen molar-refractivity contribution in [2.24, 2.45) is 0 Å². The highest BCUT2D eigenvalue weighted by atomic mass is 16.4. The molecule has 4 atom stereocenters. The van der Waals surface area contributed by atoms with Crippen molar-refractivity contribution in [3.63, 3.8) is 0 Å². The first-order valence-electron chi connectivity index (χ1n) is 3.35. The molecule has 0 aromatic rings. The Morgan fingerprint density at radius 2 is 1.00 bits per heavy atom. The van der Waals surface area contributed by atoms with Crippen molar-refractivity contribution in [3.8, 4) is 0 Å². The molecule has 0 unspecified atom stereocenters. The molecule has 0 amide bonds. The summed E-state index contributed by atoms with van der Waals surface area (Å²) in [7, 11) is 0. The Kier molecular flexibility index (Phi) is 2.25. The molecule has 1 saturated carbocycles. The molecule has 0 aliphatic heterocycles. The Morgan fingerprint density at radius 3 is 1.30 bits per heavy atom. The van der Waals surface area contributed by atoms with E-state index >= 15 is 0 Å². The molecule has 60 valence electrons. The zero-order valence-electron chi connectivity index (χ0n) is 5.51. The van der Waals surface area contributed by atoms with Crippen LogP contribution in [0.2, 0.25) is 0 Å². The molecule has 10 heavy (non-hydrogen) atoms. The predicted octanol–water partition coefficient (Wildman–Crippen LogP) is -1.78. The van der Waals surface area contributed by atoms with E-state index in [-0.39, 0.29) is 0 Å². The van der Waals surface area contributed by atoms with Crippen LogP contribution in [0.25, 0.3) is 0 Å². The summed E-state index contributed by atoms with van der Waals surface area (Å²) >= 11 is 0. The molecule has 4 nitrogen and oxygen atoms in total. The molecule has 4 heteroatoms. The molecule has 0 heterocycles. The van der Waals surface area contributed by atoms with Crippen LogP contribution in [0, 0.1) is 0 Å². The van der Waals surface area contributed by atoms with E-state index in [4.69, 9.17) is 20.4 Å². The summed E-state index contributed by atoms with van der Waals surface area (Å²) < 4.78 is 0. The van der Waals surface area contributed by atoms with Crippen LogP contribution < -0.4 is 0 Å². The van der Waals surface area contributed by atoms with Crippen LogP contribution in [0.1, 0.15) is 12.8 Å². The smallest absolute Gasteiger partial charge is 0.108 e. The van der Waals surface area contributed by atoms with Crippen LogP contribution in [0.5, 0.6) is 0 Å². The van der Waals surface area contributed by atoms with Gasteiger partial charge in [0.1, 0.15) is 12.2 Å². The van der Waals surface area contributed by atoms with Crippen molar-refractivity contribution >= 4 is 0 Å². The lowest BCUT2D eigenvalue weighted by atomic mass is 9.90. The standard InChI is InChI=1S/C6H12O4/c7-3-1-2-4(8)6(10)5(3)9/h3-10H,1-2H2/t3-,4-,5-,6-/m1/s1. The van der Waals surface area contributed by atoms with Crippen molar-refractivity contribution in [2.45, 2.75) is 37.3 Å². The normalized spacial score (nSPS) is 49.2. The van der Waals surface area contributed by atoms with Crippen LogP contribution >= 0.6 is 0 Å².